The first kappa shape index (κ1) is 12.2. The van der Waals surface area contributed by atoms with E-state index in [1.807, 2.05) is 12.4 Å². The average molecular weight is 276 g/mol. The van der Waals surface area contributed by atoms with Crippen molar-refractivity contribution in [1.29, 1.82) is 0 Å². The number of nitrogens with zero attached hydrogens (tertiary/aromatic N) is 2. The number of hydrogen-bond donors (Lipinski definition) is 2. The number of aromatic amines is 1. The second kappa shape index (κ2) is 4.46. The molecular formula is C17H16N4. The summed E-state index contributed by atoms with van der Waals surface area (Å²) < 4.78 is 2.16. The predicted octanol–water partition coefficient (Wildman–Crippen LogP) is 3.18. The molecule has 1 aromatic carbocycles. The fourth-order valence-electron chi connectivity index (χ4n) is 2.98. The van der Waals surface area contributed by atoms with E-state index in [1.54, 1.807) is 0 Å². The minimum absolute atomic E-state index is 0.556. The molecule has 4 aromatic rings. The second-order valence-corrected chi connectivity index (χ2v) is 5.31. The zero-order chi connectivity index (χ0) is 14.4. The van der Waals surface area contributed by atoms with E-state index in [-0.39, 0.29) is 0 Å². The number of hydrogen-bond acceptors (Lipinski definition) is 2. The van der Waals surface area contributed by atoms with E-state index >= 15 is 0 Å². The molecule has 0 bridgehead atoms. The van der Waals surface area contributed by atoms with Gasteiger partial charge < -0.3 is 15.3 Å². The highest BCUT2D eigenvalue weighted by molar-refractivity contribution is 6.03. The molecule has 21 heavy (non-hydrogen) atoms. The summed E-state index contributed by atoms with van der Waals surface area (Å²) in [5.74, 6) is 0. The first-order valence-corrected chi connectivity index (χ1v) is 6.98. The molecule has 0 amide bonds. The van der Waals surface area contributed by atoms with Crippen LogP contribution in [-0.4, -0.2) is 14.5 Å². The molecule has 4 rings (SSSR count). The Balaban J connectivity index is 2.08. The Hall–Kier alpha value is -2.59. The number of rotatable bonds is 2. The van der Waals surface area contributed by atoms with Gasteiger partial charge in [-0.25, -0.2) is 4.98 Å². The molecule has 0 spiro atoms. The van der Waals surface area contributed by atoms with Gasteiger partial charge >= 0.3 is 0 Å². The third-order valence-corrected chi connectivity index (χ3v) is 4.04. The number of H-pyrrole nitrogens is 1. The Bertz CT molecular complexity index is 946. The average Bonchev–Trinajstić information content (AvgIpc) is 3.11. The van der Waals surface area contributed by atoms with E-state index in [4.69, 9.17) is 5.73 Å². The van der Waals surface area contributed by atoms with Crippen molar-refractivity contribution in [2.45, 2.75) is 6.54 Å². The lowest BCUT2D eigenvalue weighted by Gasteiger charge is -2.03. The van der Waals surface area contributed by atoms with Crippen LogP contribution in [0.15, 0.2) is 48.9 Å². The van der Waals surface area contributed by atoms with Gasteiger partial charge in [-0.05, 0) is 35.4 Å². The lowest BCUT2D eigenvalue weighted by Crippen LogP contribution is -1.95. The number of aryl methyl sites for hydroxylation is 1. The van der Waals surface area contributed by atoms with Crippen LogP contribution in [0, 0.1) is 0 Å². The third kappa shape index (κ3) is 1.76. The van der Waals surface area contributed by atoms with Crippen molar-refractivity contribution >= 4 is 21.9 Å². The molecule has 3 heterocycles. The molecule has 0 saturated heterocycles. The van der Waals surface area contributed by atoms with Gasteiger partial charge in [0.05, 0.1) is 0 Å². The van der Waals surface area contributed by atoms with E-state index in [1.165, 1.54) is 22.0 Å². The van der Waals surface area contributed by atoms with Gasteiger partial charge in [0.2, 0.25) is 0 Å². The van der Waals surface area contributed by atoms with Crippen LogP contribution in [0.5, 0.6) is 0 Å². The number of fused-ring (bicyclic) bond motifs is 2. The molecule has 4 heteroatoms. The topological polar surface area (TPSA) is 59.6 Å². The predicted molar refractivity (Wildman–Crippen MR) is 85.9 cm³/mol. The molecule has 4 nitrogen and oxygen atoms in total. The molecule has 0 atom stereocenters. The number of benzene rings is 1. The van der Waals surface area contributed by atoms with Crippen molar-refractivity contribution in [2.75, 3.05) is 0 Å². The highest BCUT2D eigenvalue weighted by Gasteiger charge is 2.12. The van der Waals surface area contributed by atoms with Gasteiger partial charge in [0.15, 0.2) is 0 Å². The molecule has 3 aromatic heterocycles. The van der Waals surface area contributed by atoms with Crippen molar-refractivity contribution < 1.29 is 0 Å². The number of pyridine rings is 1. The zero-order valence-electron chi connectivity index (χ0n) is 11.8. The smallest absolute Gasteiger partial charge is 0.137 e. The summed E-state index contributed by atoms with van der Waals surface area (Å²) in [6.07, 6.45) is 5.95. The van der Waals surface area contributed by atoms with Crippen molar-refractivity contribution in [1.82, 2.24) is 14.5 Å². The number of aromatic nitrogens is 3. The summed E-state index contributed by atoms with van der Waals surface area (Å²) in [4.78, 5) is 7.53. The summed E-state index contributed by atoms with van der Waals surface area (Å²) in [5, 5.41) is 2.37. The Kier molecular flexibility index (Phi) is 2.59. The van der Waals surface area contributed by atoms with Crippen molar-refractivity contribution in [2.24, 2.45) is 12.8 Å². The minimum Gasteiger partial charge on any atom is -0.350 e. The Morgan fingerprint density at radius 3 is 2.90 bits per heavy atom. The number of nitrogens with one attached hydrogen (secondary N) is 1. The summed E-state index contributed by atoms with van der Waals surface area (Å²) in [7, 11) is 2.07. The standard InChI is InChI=1S/C17H16N4/c1-21-10-15(14-8-11(9-18)2-3-16(14)21)12-4-6-19-17-13(12)5-7-20-17/h2-8,10H,9,18H2,1H3,(H,19,20). The normalized spacial score (nSPS) is 11.5. The fraction of sp³-hybridized carbons (Fsp3) is 0.118. The molecule has 104 valence electrons. The maximum Gasteiger partial charge on any atom is 0.137 e. The molecule has 0 unspecified atom stereocenters. The van der Waals surface area contributed by atoms with Gasteiger partial charge in [0.1, 0.15) is 5.65 Å². The van der Waals surface area contributed by atoms with Crippen LogP contribution in [0.2, 0.25) is 0 Å². The highest BCUT2D eigenvalue weighted by atomic mass is 14.9. The Labute approximate surface area is 122 Å². The molecule has 3 N–H and O–H groups in total. The summed E-state index contributed by atoms with van der Waals surface area (Å²) in [5.41, 5.74) is 11.5. The highest BCUT2D eigenvalue weighted by Crippen LogP contribution is 2.34. The molecule has 0 fully saturated rings. The van der Waals surface area contributed by atoms with Crippen LogP contribution in [0.3, 0.4) is 0 Å². The molecule has 0 aliphatic carbocycles. The van der Waals surface area contributed by atoms with Gasteiger partial charge in [-0.1, -0.05) is 6.07 Å². The minimum atomic E-state index is 0.556. The van der Waals surface area contributed by atoms with E-state index in [0.29, 0.717) is 6.54 Å². The molecule has 0 aliphatic rings. The van der Waals surface area contributed by atoms with Crippen LogP contribution >= 0.6 is 0 Å². The van der Waals surface area contributed by atoms with E-state index < -0.39 is 0 Å². The maximum absolute atomic E-state index is 5.79. The van der Waals surface area contributed by atoms with Gasteiger partial charge in [-0.15, -0.1) is 0 Å². The van der Waals surface area contributed by atoms with Gasteiger partial charge in [0.25, 0.3) is 0 Å². The van der Waals surface area contributed by atoms with Crippen LogP contribution in [-0.2, 0) is 13.6 Å². The summed E-state index contributed by atoms with van der Waals surface area (Å²) in [6.45, 7) is 0.556. The molecule has 0 saturated carbocycles. The fourth-order valence-corrected chi connectivity index (χ4v) is 2.98. The Morgan fingerprint density at radius 1 is 1.14 bits per heavy atom. The van der Waals surface area contributed by atoms with E-state index in [0.717, 1.165) is 16.6 Å². The van der Waals surface area contributed by atoms with Crippen molar-refractivity contribution in [3.05, 3.63) is 54.5 Å². The SMILES string of the molecule is Cn1cc(-c2ccnc3[nH]ccc23)c2cc(CN)ccc21. The summed E-state index contributed by atoms with van der Waals surface area (Å²) in [6, 6.07) is 10.5. The second-order valence-electron chi connectivity index (χ2n) is 5.31. The molecular weight excluding hydrogens is 260 g/mol. The largest absolute Gasteiger partial charge is 0.350 e. The van der Waals surface area contributed by atoms with Crippen LogP contribution in [0.4, 0.5) is 0 Å². The lowest BCUT2D eigenvalue weighted by molar-refractivity contribution is 0.969. The zero-order valence-corrected chi connectivity index (χ0v) is 11.8. The van der Waals surface area contributed by atoms with Gasteiger partial charge in [-0.2, -0.15) is 0 Å². The van der Waals surface area contributed by atoms with E-state index in [2.05, 4.69) is 58.1 Å². The third-order valence-electron chi connectivity index (χ3n) is 4.04. The maximum atomic E-state index is 5.79. The van der Waals surface area contributed by atoms with Crippen molar-refractivity contribution in [3.63, 3.8) is 0 Å². The quantitative estimate of drug-likeness (QED) is 0.590. The monoisotopic (exact) mass is 276 g/mol. The van der Waals surface area contributed by atoms with Crippen molar-refractivity contribution in [3.8, 4) is 11.1 Å². The first-order valence-electron chi connectivity index (χ1n) is 6.98. The van der Waals surface area contributed by atoms with Gasteiger partial charge in [0, 0.05) is 54.0 Å². The first-order chi connectivity index (χ1) is 10.3. The lowest BCUT2D eigenvalue weighted by atomic mass is 10.0. The van der Waals surface area contributed by atoms with Crippen LogP contribution < -0.4 is 5.73 Å². The molecule has 0 aliphatic heterocycles. The van der Waals surface area contributed by atoms with Crippen LogP contribution in [0.1, 0.15) is 5.56 Å². The van der Waals surface area contributed by atoms with Crippen LogP contribution in [0.25, 0.3) is 33.1 Å². The summed E-state index contributed by atoms with van der Waals surface area (Å²) >= 11 is 0. The van der Waals surface area contributed by atoms with Gasteiger partial charge in [-0.3, -0.25) is 0 Å². The molecule has 0 radical (unpaired) electrons. The van der Waals surface area contributed by atoms with E-state index in [9.17, 15) is 0 Å². The Morgan fingerprint density at radius 2 is 2.05 bits per heavy atom. The number of nitrogens with two attached hydrogens (primary N) is 1.